The predicted molar refractivity (Wildman–Crippen MR) is 108 cm³/mol. The zero-order chi connectivity index (χ0) is 20.1. The lowest BCUT2D eigenvalue weighted by Gasteiger charge is -2.09. The second-order valence-electron chi connectivity index (χ2n) is 6.31. The first-order chi connectivity index (χ1) is 13.4. The smallest absolute Gasteiger partial charge is 0.257 e. The molecule has 28 heavy (non-hydrogen) atoms. The third-order valence-corrected chi connectivity index (χ3v) is 4.13. The van der Waals surface area contributed by atoms with Crippen LogP contribution in [0, 0.1) is 0 Å². The number of carbonyl (C=O) groups excluding carboxylic acids is 3. The fraction of sp³-hybridized carbons (Fsp3) is 0.0909. The highest BCUT2D eigenvalue weighted by Gasteiger charge is 2.09. The first-order valence-electron chi connectivity index (χ1n) is 8.68. The van der Waals surface area contributed by atoms with Gasteiger partial charge in [0.25, 0.3) is 5.91 Å². The molecule has 3 aromatic rings. The van der Waals surface area contributed by atoms with Crippen LogP contribution in [0.3, 0.4) is 0 Å². The number of nitrogens with one attached hydrogen (secondary N) is 2. The molecule has 0 fully saturated rings. The molecule has 1 aromatic heterocycles. The van der Waals surface area contributed by atoms with Crippen molar-refractivity contribution in [3.8, 4) is 0 Å². The largest absolute Gasteiger partial charge is 0.354 e. The van der Waals surface area contributed by atoms with Crippen LogP contribution in [0.15, 0.2) is 67.0 Å². The number of ketones is 2. The monoisotopic (exact) mass is 373 g/mol. The minimum Gasteiger partial charge on any atom is -0.354 e. The van der Waals surface area contributed by atoms with E-state index < -0.39 is 0 Å². The zero-order valence-corrected chi connectivity index (χ0v) is 15.5. The van der Waals surface area contributed by atoms with Gasteiger partial charge in [0.15, 0.2) is 11.6 Å². The van der Waals surface area contributed by atoms with E-state index in [9.17, 15) is 14.4 Å². The van der Waals surface area contributed by atoms with Gasteiger partial charge in [-0.25, -0.2) is 0 Å². The van der Waals surface area contributed by atoms with Gasteiger partial charge in [0.1, 0.15) is 0 Å². The standard InChI is InChI=1S/C22H19N3O3/c1-14(26)16-3-7-19(8-4-16)24-21-11-18(12-23-13-21)22(28)25-20-9-5-17(6-10-20)15(2)27/h3-13,24H,1-2H3,(H,25,28). The fourth-order valence-electron chi connectivity index (χ4n) is 2.58. The summed E-state index contributed by atoms with van der Waals surface area (Å²) in [5.74, 6) is -0.334. The minimum atomic E-state index is -0.307. The molecule has 1 heterocycles. The van der Waals surface area contributed by atoms with Crippen LogP contribution in [-0.4, -0.2) is 22.5 Å². The fourth-order valence-corrected chi connectivity index (χ4v) is 2.58. The molecule has 0 unspecified atom stereocenters. The summed E-state index contributed by atoms with van der Waals surface area (Å²) in [5.41, 5.74) is 3.63. The molecule has 6 nitrogen and oxygen atoms in total. The summed E-state index contributed by atoms with van der Waals surface area (Å²) in [6, 6.07) is 15.4. The number of pyridine rings is 1. The van der Waals surface area contributed by atoms with Gasteiger partial charge in [-0.05, 0) is 68.4 Å². The van der Waals surface area contributed by atoms with Gasteiger partial charge in [-0.2, -0.15) is 0 Å². The lowest BCUT2D eigenvalue weighted by Crippen LogP contribution is -2.12. The van der Waals surface area contributed by atoms with Crippen LogP contribution >= 0.6 is 0 Å². The summed E-state index contributed by atoms with van der Waals surface area (Å²) in [7, 11) is 0. The van der Waals surface area contributed by atoms with Crippen molar-refractivity contribution in [2.24, 2.45) is 0 Å². The Morgan fingerprint density at radius 1 is 0.679 bits per heavy atom. The lowest BCUT2D eigenvalue weighted by atomic mass is 10.1. The number of amides is 1. The van der Waals surface area contributed by atoms with Crippen molar-refractivity contribution in [1.29, 1.82) is 0 Å². The van der Waals surface area contributed by atoms with E-state index in [1.807, 2.05) is 0 Å². The van der Waals surface area contributed by atoms with E-state index in [1.54, 1.807) is 60.8 Å². The van der Waals surface area contributed by atoms with E-state index in [2.05, 4.69) is 15.6 Å². The van der Waals surface area contributed by atoms with E-state index in [-0.39, 0.29) is 17.5 Å². The SMILES string of the molecule is CC(=O)c1ccc(NC(=O)c2cncc(Nc3ccc(C(C)=O)cc3)c2)cc1. The summed E-state index contributed by atoms with van der Waals surface area (Å²) in [4.78, 5) is 39.2. The Morgan fingerprint density at radius 3 is 1.75 bits per heavy atom. The molecule has 6 heteroatoms. The van der Waals surface area contributed by atoms with Gasteiger partial charge < -0.3 is 10.6 Å². The van der Waals surface area contributed by atoms with Gasteiger partial charge in [0, 0.05) is 28.7 Å². The number of Topliss-reactive ketones (excluding diaryl/α,β-unsaturated/α-hetero) is 2. The topological polar surface area (TPSA) is 88.2 Å². The second kappa shape index (κ2) is 8.26. The number of aromatic nitrogens is 1. The van der Waals surface area contributed by atoms with E-state index >= 15 is 0 Å². The van der Waals surface area contributed by atoms with Gasteiger partial charge in [-0.15, -0.1) is 0 Å². The maximum absolute atomic E-state index is 12.5. The summed E-state index contributed by atoms with van der Waals surface area (Å²) in [6.07, 6.45) is 3.08. The maximum Gasteiger partial charge on any atom is 0.257 e. The molecule has 0 aliphatic carbocycles. The van der Waals surface area contributed by atoms with Crippen LogP contribution in [-0.2, 0) is 0 Å². The quantitative estimate of drug-likeness (QED) is 0.622. The average Bonchev–Trinajstić information content (AvgIpc) is 2.69. The Bertz CT molecular complexity index is 1030. The summed E-state index contributed by atoms with van der Waals surface area (Å²) >= 11 is 0. The number of carbonyl (C=O) groups is 3. The van der Waals surface area contributed by atoms with Gasteiger partial charge in [0.2, 0.25) is 0 Å². The molecule has 0 saturated heterocycles. The molecule has 2 N–H and O–H groups in total. The lowest BCUT2D eigenvalue weighted by molar-refractivity contribution is 0.100. The number of hydrogen-bond acceptors (Lipinski definition) is 5. The highest BCUT2D eigenvalue weighted by molar-refractivity contribution is 6.05. The van der Waals surface area contributed by atoms with Gasteiger partial charge in [-0.3, -0.25) is 19.4 Å². The summed E-state index contributed by atoms with van der Waals surface area (Å²) in [6.45, 7) is 3.01. The zero-order valence-electron chi connectivity index (χ0n) is 15.5. The van der Waals surface area contributed by atoms with Gasteiger partial charge in [-0.1, -0.05) is 0 Å². The Kier molecular flexibility index (Phi) is 5.60. The Hall–Kier alpha value is -3.80. The normalized spacial score (nSPS) is 10.2. The number of hydrogen-bond donors (Lipinski definition) is 2. The van der Waals surface area contributed by atoms with Crippen molar-refractivity contribution in [2.45, 2.75) is 13.8 Å². The Morgan fingerprint density at radius 2 is 1.21 bits per heavy atom. The number of benzene rings is 2. The second-order valence-corrected chi connectivity index (χ2v) is 6.31. The molecule has 0 bridgehead atoms. The average molecular weight is 373 g/mol. The van der Waals surface area contributed by atoms with Crippen LogP contribution in [0.2, 0.25) is 0 Å². The van der Waals surface area contributed by atoms with Crippen molar-refractivity contribution in [3.05, 3.63) is 83.7 Å². The Labute approximate surface area is 162 Å². The molecule has 3 rings (SSSR count). The van der Waals surface area contributed by atoms with Crippen molar-refractivity contribution in [1.82, 2.24) is 4.98 Å². The van der Waals surface area contributed by atoms with E-state index in [1.165, 1.54) is 20.0 Å². The van der Waals surface area contributed by atoms with Gasteiger partial charge in [0.05, 0.1) is 17.4 Å². The van der Waals surface area contributed by atoms with Crippen LogP contribution < -0.4 is 10.6 Å². The Balaban J connectivity index is 1.70. The van der Waals surface area contributed by atoms with Crippen LogP contribution in [0.25, 0.3) is 0 Å². The first-order valence-corrected chi connectivity index (χ1v) is 8.68. The van der Waals surface area contributed by atoms with E-state index in [0.29, 0.717) is 28.1 Å². The molecule has 0 aliphatic heterocycles. The molecule has 2 aromatic carbocycles. The molecule has 0 aliphatic rings. The van der Waals surface area contributed by atoms with Crippen molar-refractivity contribution < 1.29 is 14.4 Å². The molecule has 0 spiro atoms. The highest BCUT2D eigenvalue weighted by Crippen LogP contribution is 2.19. The summed E-state index contributed by atoms with van der Waals surface area (Å²) < 4.78 is 0. The molecule has 140 valence electrons. The molecular formula is C22H19N3O3. The van der Waals surface area contributed by atoms with Crippen molar-refractivity contribution >= 4 is 34.5 Å². The number of nitrogens with zero attached hydrogens (tertiary/aromatic N) is 1. The third kappa shape index (κ3) is 4.67. The summed E-state index contributed by atoms with van der Waals surface area (Å²) in [5, 5.41) is 5.94. The van der Waals surface area contributed by atoms with Gasteiger partial charge >= 0.3 is 0 Å². The highest BCUT2D eigenvalue weighted by atomic mass is 16.1. The van der Waals surface area contributed by atoms with Crippen LogP contribution in [0.1, 0.15) is 44.9 Å². The third-order valence-electron chi connectivity index (χ3n) is 4.13. The van der Waals surface area contributed by atoms with Crippen molar-refractivity contribution in [2.75, 3.05) is 10.6 Å². The molecule has 0 radical (unpaired) electrons. The predicted octanol–water partition coefficient (Wildman–Crippen LogP) is 4.48. The number of anilines is 3. The van der Waals surface area contributed by atoms with E-state index in [0.717, 1.165) is 5.69 Å². The number of rotatable bonds is 6. The minimum absolute atomic E-state index is 0.00298. The molecule has 0 saturated carbocycles. The molecule has 0 atom stereocenters. The first kappa shape index (κ1) is 19.0. The molecular weight excluding hydrogens is 354 g/mol. The maximum atomic E-state index is 12.5. The molecule has 1 amide bonds. The van der Waals surface area contributed by atoms with Crippen LogP contribution in [0.5, 0.6) is 0 Å². The van der Waals surface area contributed by atoms with E-state index in [4.69, 9.17) is 0 Å². The van der Waals surface area contributed by atoms with Crippen LogP contribution in [0.4, 0.5) is 17.1 Å². The van der Waals surface area contributed by atoms with Crippen molar-refractivity contribution in [3.63, 3.8) is 0 Å².